The summed E-state index contributed by atoms with van der Waals surface area (Å²) in [6, 6.07) is 10.7. The van der Waals surface area contributed by atoms with E-state index in [1.165, 1.54) is 11.1 Å². The van der Waals surface area contributed by atoms with Crippen LogP contribution >= 0.6 is 0 Å². The molecule has 2 rings (SSSR count). The molecule has 1 N–H and O–H groups in total. The molecule has 0 aliphatic rings. The lowest BCUT2D eigenvalue weighted by molar-refractivity contribution is 0.345. The molecule has 0 saturated carbocycles. The van der Waals surface area contributed by atoms with Crippen LogP contribution in [0, 0.1) is 6.92 Å². The maximum Gasteiger partial charge on any atom is 0.133 e. The summed E-state index contributed by atoms with van der Waals surface area (Å²) in [7, 11) is 2.14. The Balaban J connectivity index is 2.05. The summed E-state index contributed by atoms with van der Waals surface area (Å²) < 4.78 is 0. The topological polar surface area (TPSA) is 41.0 Å². The average Bonchev–Trinajstić information content (AvgIpc) is 2.52. The molecule has 1 heterocycles. The molecule has 0 fully saturated rings. The summed E-state index contributed by atoms with van der Waals surface area (Å²) in [6.45, 7) is 11.2. The van der Waals surface area contributed by atoms with Crippen LogP contribution in [0.1, 0.15) is 49.3 Å². The van der Waals surface area contributed by atoms with Gasteiger partial charge in [-0.2, -0.15) is 0 Å². The minimum Gasteiger partial charge on any atom is -0.366 e. The van der Waals surface area contributed by atoms with Crippen molar-refractivity contribution < 1.29 is 0 Å². The number of nitrogens with one attached hydrogen (secondary N) is 1. The van der Waals surface area contributed by atoms with Crippen molar-refractivity contribution in [2.75, 3.05) is 18.9 Å². The van der Waals surface area contributed by atoms with E-state index < -0.39 is 0 Å². The van der Waals surface area contributed by atoms with Crippen LogP contribution in [0.2, 0.25) is 0 Å². The van der Waals surface area contributed by atoms with Gasteiger partial charge in [-0.15, -0.1) is 0 Å². The van der Waals surface area contributed by atoms with Crippen molar-refractivity contribution in [2.45, 2.75) is 46.7 Å². The second-order valence-electron chi connectivity index (χ2n) is 6.41. The molecule has 2 aromatic rings. The molecule has 0 spiro atoms. The third-order valence-electron chi connectivity index (χ3n) is 3.85. The Morgan fingerprint density at radius 2 is 1.87 bits per heavy atom. The number of nitrogens with zero attached hydrogens (tertiary/aromatic N) is 3. The molecule has 124 valence electrons. The van der Waals surface area contributed by atoms with Gasteiger partial charge in [0, 0.05) is 30.8 Å². The smallest absolute Gasteiger partial charge is 0.133 e. The van der Waals surface area contributed by atoms with E-state index in [1.54, 1.807) is 0 Å². The van der Waals surface area contributed by atoms with Gasteiger partial charge in [-0.05, 0) is 31.6 Å². The number of hydrogen-bond acceptors (Lipinski definition) is 4. The quantitative estimate of drug-likeness (QED) is 0.840. The standard InChI is InChI=1S/C19H28N4/c1-6-23(5)13-17-9-7-8-16(11-17)12-20-18-10-15(4)21-19(22-18)14(2)3/h7-11,14H,6,12-13H2,1-5H3,(H,20,21,22). The lowest BCUT2D eigenvalue weighted by Gasteiger charge is -2.15. The normalized spacial score (nSPS) is 11.3. The van der Waals surface area contributed by atoms with Crippen LogP contribution in [0.5, 0.6) is 0 Å². The van der Waals surface area contributed by atoms with Gasteiger partial charge in [-0.3, -0.25) is 0 Å². The molecule has 23 heavy (non-hydrogen) atoms. The number of hydrogen-bond donors (Lipinski definition) is 1. The molecule has 0 bridgehead atoms. The summed E-state index contributed by atoms with van der Waals surface area (Å²) >= 11 is 0. The van der Waals surface area contributed by atoms with Crippen LogP contribution in [0.4, 0.5) is 5.82 Å². The molecule has 1 aromatic carbocycles. The van der Waals surface area contributed by atoms with Crippen molar-refractivity contribution >= 4 is 5.82 Å². The van der Waals surface area contributed by atoms with Crippen molar-refractivity contribution in [1.82, 2.24) is 14.9 Å². The fourth-order valence-corrected chi connectivity index (χ4v) is 2.39. The molecular weight excluding hydrogens is 284 g/mol. The second-order valence-corrected chi connectivity index (χ2v) is 6.41. The van der Waals surface area contributed by atoms with Crippen LogP contribution < -0.4 is 5.32 Å². The first-order chi connectivity index (χ1) is 11.0. The summed E-state index contributed by atoms with van der Waals surface area (Å²) in [4.78, 5) is 11.4. The van der Waals surface area contributed by atoms with Crippen molar-refractivity contribution in [3.63, 3.8) is 0 Å². The molecule has 4 heteroatoms. The minimum absolute atomic E-state index is 0.336. The lowest BCUT2D eigenvalue weighted by Crippen LogP contribution is -2.16. The maximum absolute atomic E-state index is 4.60. The van der Waals surface area contributed by atoms with Gasteiger partial charge in [-0.1, -0.05) is 45.0 Å². The zero-order valence-corrected chi connectivity index (χ0v) is 14.9. The Morgan fingerprint density at radius 3 is 2.57 bits per heavy atom. The molecule has 0 atom stereocenters. The third kappa shape index (κ3) is 5.32. The van der Waals surface area contributed by atoms with Gasteiger partial charge in [0.1, 0.15) is 11.6 Å². The molecular formula is C19H28N4. The van der Waals surface area contributed by atoms with Gasteiger partial charge in [-0.25, -0.2) is 9.97 Å². The first-order valence-corrected chi connectivity index (χ1v) is 8.33. The molecule has 0 radical (unpaired) electrons. The lowest BCUT2D eigenvalue weighted by atomic mass is 10.1. The molecule has 0 aliphatic carbocycles. The summed E-state index contributed by atoms with van der Waals surface area (Å²) in [5.41, 5.74) is 3.62. The Hall–Kier alpha value is -1.94. The number of benzene rings is 1. The summed E-state index contributed by atoms with van der Waals surface area (Å²) in [5, 5.41) is 3.43. The van der Waals surface area contributed by atoms with E-state index in [1.807, 2.05) is 13.0 Å². The molecule has 0 aliphatic heterocycles. The van der Waals surface area contributed by atoms with E-state index in [2.05, 4.69) is 72.3 Å². The van der Waals surface area contributed by atoms with Crippen molar-refractivity contribution in [3.8, 4) is 0 Å². The zero-order valence-electron chi connectivity index (χ0n) is 14.9. The highest BCUT2D eigenvalue weighted by Gasteiger charge is 2.06. The van der Waals surface area contributed by atoms with Gasteiger partial charge in [0.05, 0.1) is 0 Å². The Bertz CT molecular complexity index is 637. The first kappa shape index (κ1) is 17.4. The van der Waals surface area contributed by atoms with E-state index in [9.17, 15) is 0 Å². The Labute approximate surface area is 140 Å². The molecule has 0 unspecified atom stereocenters. The predicted molar refractivity (Wildman–Crippen MR) is 96.6 cm³/mol. The van der Waals surface area contributed by atoms with E-state index in [0.29, 0.717) is 5.92 Å². The predicted octanol–water partition coefficient (Wildman–Crippen LogP) is 3.97. The SMILES string of the molecule is CCN(C)Cc1cccc(CNc2cc(C)nc(C(C)C)n2)c1. The van der Waals surface area contributed by atoms with E-state index in [-0.39, 0.29) is 0 Å². The second kappa shape index (κ2) is 8.06. The van der Waals surface area contributed by atoms with E-state index in [0.717, 1.165) is 37.0 Å². The number of aryl methyl sites for hydroxylation is 1. The summed E-state index contributed by atoms with van der Waals surface area (Å²) in [5.74, 6) is 2.13. The highest BCUT2D eigenvalue weighted by molar-refractivity contribution is 5.38. The molecule has 1 aromatic heterocycles. The highest BCUT2D eigenvalue weighted by atomic mass is 15.1. The fourth-order valence-electron chi connectivity index (χ4n) is 2.39. The minimum atomic E-state index is 0.336. The number of anilines is 1. The fraction of sp³-hybridized carbons (Fsp3) is 0.474. The van der Waals surface area contributed by atoms with E-state index >= 15 is 0 Å². The maximum atomic E-state index is 4.60. The van der Waals surface area contributed by atoms with Gasteiger partial charge in [0.2, 0.25) is 0 Å². The van der Waals surface area contributed by atoms with Crippen LogP contribution in [-0.4, -0.2) is 28.5 Å². The van der Waals surface area contributed by atoms with Crippen molar-refractivity contribution in [3.05, 3.63) is 53.0 Å². The monoisotopic (exact) mass is 312 g/mol. The van der Waals surface area contributed by atoms with Gasteiger partial charge in [0.15, 0.2) is 0 Å². The molecule has 0 amide bonds. The first-order valence-electron chi connectivity index (χ1n) is 8.33. The Morgan fingerprint density at radius 1 is 1.13 bits per heavy atom. The third-order valence-corrected chi connectivity index (χ3v) is 3.85. The van der Waals surface area contributed by atoms with Crippen LogP contribution in [-0.2, 0) is 13.1 Å². The van der Waals surface area contributed by atoms with Gasteiger partial charge < -0.3 is 10.2 Å². The number of rotatable bonds is 7. The molecule has 4 nitrogen and oxygen atoms in total. The Kier molecular flexibility index (Phi) is 6.11. The summed E-state index contributed by atoms with van der Waals surface area (Å²) in [6.07, 6.45) is 0. The van der Waals surface area contributed by atoms with Crippen molar-refractivity contribution in [2.24, 2.45) is 0 Å². The van der Waals surface area contributed by atoms with Crippen LogP contribution in [0.15, 0.2) is 30.3 Å². The zero-order chi connectivity index (χ0) is 16.8. The van der Waals surface area contributed by atoms with Crippen LogP contribution in [0.3, 0.4) is 0 Å². The number of aromatic nitrogens is 2. The van der Waals surface area contributed by atoms with Crippen molar-refractivity contribution in [1.29, 1.82) is 0 Å². The van der Waals surface area contributed by atoms with Gasteiger partial charge >= 0.3 is 0 Å². The largest absolute Gasteiger partial charge is 0.366 e. The van der Waals surface area contributed by atoms with Crippen LogP contribution in [0.25, 0.3) is 0 Å². The average molecular weight is 312 g/mol. The highest BCUT2D eigenvalue weighted by Crippen LogP contribution is 2.15. The molecule has 0 saturated heterocycles. The van der Waals surface area contributed by atoms with Gasteiger partial charge in [0.25, 0.3) is 0 Å². The van der Waals surface area contributed by atoms with E-state index in [4.69, 9.17) is 0 Å².